The van der Waals surface area contributed by atoms with Crippen molar-refractivity contribution in [3.63, 3.8) is 0 Å². The highest BCUT2D eigenvalue weighted by Crippen LogP contribution is 2.41. The van der Waals surface area contributed by atoms with Crippen molar-refractivity contribution >= 4 is 43.4 Å². The molecule has 0 amide bonds. The maximum absolute atomic E-state index is 12.8. The van der Waals surface area contributed by atoms with Crippen LogP contribution in [0.15, 0.2) is 62.6 Å². The minimum Gasteiger partial charge on any atom is -0.299 e. The normalized spacial score (nSPS) is 17.7. The first-order valence-electron chi connectivity index (χ1n) is 10.2. The predicted molar refractivity (Wildman–Crippen MR) is 127 cm³/mol. The van der Waals surface area contributed by atoms with E-state index in [1.54, 1.807) is 0 Å². The van der Waals surface area contributed by atoms with Crippen LogP contribution in [0, 0.1) is 11.8 Å². The summed E-state index contributed by atoms with van der Waals surface area (Å²) in [4.78, 5) is 12.8. The summed E-state index contributed by atoms with van der Waals surface area (Å²) < 4.78 is 2.10. The number of hydrogen-bond donors (Lipinski definition) is 0. The Hall–Kier alpha value is -1.46. The second kappa shape index (κ2) is 9.57. The largest absolute Gasteiger partial charge is 0.299 e. The average molecular weight is 520 g/mol. The van der Waals surface area contributed by atoms with Crippen LogP contribution in [-0.4, -0.2) is 16.5 Å². The van der Waals surface area contributed by atoms with Gasteiger partial charge in [0.1, 0.15) is 5.78 Å². The van der Waals surface area contributed by atoms with Gasteiger partial charge >= 0.3 is 0 Å². The lowest BCUT2D eigenvalue weighted by atomic mass is 9.92. The summed E-state index contributed by atoms with van der Waals surface area (Å²) >= 11 is 7.06. The van der Waals surface area contributed by atoms with Crippen LogP contribution in [0.4, 0.5) is 0 Å². The number of carbonyl (C=O) groups excluding carboxylic acids is 1. The van der Waals surface area contributed by atoms with E-state index in [1.807, 2.05) is 26.0 Å². The fourth-order valence-electron chi connectivity index (χ4n) is 3.62. The van der Waals surface area contributed by atoms with E-state index in [9.17, 15) is 4.79 Å². The highest BCUT2D eigenvalue weighted by atomic mass is 79.9. The van der Waals surface area contributed by atoms with Crippen LogP contribution in [0.25, 0.3) is 0 Å². The highest BCUT2D eigenvalue weighted by molar-refractivity contribution is 9.10. The van der Waals surface area contributed by atoms with Crippen molar-refractivity contribution in [2.75, 3.05) is 0 Å². The van der Waals surface area contributed by atoms with Crippen molar-refractivity contribution in [1.82, 2.24) is 5.01 Å². The molecule has 0 saturated heterocycles. The first-order chi connectivity index (χ1) is 13.8. The number of ketones is 1. The zero-order valence-corrected chi connectivity index (χ0v) is 20.6. The number of halogens is 2. The summed E-state index contributed by atoms with van der Waals surface area (Å²) in [6.07, 6.45) is 1.35. The van der Waals surface area contributed by atoms with Gasteiger partial charge in [-0.15, -0.1) is 0 Å². The van der Waals surface area contributed by atoms with Crippen LogP contribution >= 0.6 is 31.9 Å². The second-order valence-corrected chi connectivity index (χ2v) is 10.1. The van der Waals surface area contributed by atoms with Crippen molar-refractivity contribution in [3.05, 3.63) is 68.6 Å². The SMILES string of the molecule is CC(C)C(=O)C[C@@H](c1ccc(Br)cc1)N1N=C(C(C)C)C[C@H]1c1ccc(Br)cc1. The zero-order chi connectivity index (χ0) is 21.1. The lowest BCUT2D eigenvalue weighted by Crippen LogP contribution is -2.28. The van der Waals surface area contributed by atoms with E-state index < -0.39 is 0 Å². The van der Waals surface area contributed by atoms with Gasteiger partial charge in [-0.05, 0) is 41.3 Å². The Balaban J connectivity index is 2.03. The molecule has 3 rings (SSSR count). The van der Waals surface area contributed by atoms with E-state index in [-0.39, 0.29) is 23.8 Å². The van der Waals surface area contributed by atoms with Gasteiger partial charge in [-0.1, -0.05) is 83.8 Å². The van der Waals surface area contributed by atoms with Gasteiger partial charge in [0.25, 0.3) is 0 Å². The molecule has 2 aromatic rings. The standard InChI is InChI=1S/C24H28Br2N2O/c1-15(2)21-13-22(17-5-9-19(25)10-6-17)28(27-21)23(14-24(29)16(3)4)18-7-11-20(26)12-8-18/h5-12,15-16,22-23H,13-14H2,1-4H3/t22-,23-/m0/s1. The molecule has 1 heterocycles. The quantitative estimate of drug-likeness (QED) is 0.383. The predicted octanol–water partition coefficient (Wildman–Crippen LogP) is 7.33. The summed E-state index contributed by atoms with van der Waals surface area (Å²) in [6, 6.07) is 16.8. The third-order valence-electron chi connectivity index (χ3n) is 5.50. The molecular formula is C24H28Br2N2O. The Kier molecular flexibility index (Phi) is 7.33. The molecule has 0 fully saturated rings. The van der Waals surface area contributed by atoms with Crippen LogP contribution in [0.1, 0.15) is 63.7 Å². The van der Waals surface area contributed by atoms with E-state index >= 15 is 0 Å². The molecule has 1 aliphatic heterocycles. The van der Waals surface area contributed by atoms with Gasteiger partial charge in [-0.3, -0.25) is 9.80 Å². The summed E-state index contributed by atoms with van der Waals surface area (Å²) in [7, 11) is 0. The Labute approximate surface area is 190 Å². The molecule has 3 nitrogen and oxygen atoms in total. The third kappa shape index (κ3) is 5.37. The number of hydrogen-bond acceptors (Lipinski definition) is 3. The van der Waals surface area contributed by atoms with Crippen LogP contribution in [-0.2, 0) is 4.79 Å². The number of rotatable bonds is 7. The van der Waals surface area contributed by atoms with Gasteiger partial charge in [0, 0.05) is 33.4 Å². The minimum atomic E-state index is -0.0807. The van der Waals surface area contributed by atoms with Crippen molar-refractivity contribution in [1.29, 1.82) is 0 Å². The third-order valence-corrected chi connectivity index (χ3v) is 6.56. The Bertz CT molecular complexity index is 873. The van der Waals surface area contributed by atoms with E-state index in [1.165, 1.54) is 11.3 Å². The van der Waals surface area contributed by atoms with Crippen molar-refractivity contribution < 1.29 is 4.79 Å². The van der Waals surface area contributed by atoms with E-state index in [0.29, 0.717) is 12.3 Å². The number of Topliss-reactive ketones (excluding diaryl/α,β-unsaturated/α-hetero) is 1. The second-order valence-electron chi connectivity index (χ2n) is 8.29. The number of nitrogens with zero attached hydrogens (tertiary/aromatic N) is 2. The first kappa shape index (κ1) is 22.2. The van der Waals surface area contributed by atoms with Crippen LogP contribution in [0.2, 0.25) is 0 Å². The summed E-state index contributed by atoms with van der Waals surface area (Å²) in [6.45, 7) is 8.32. The Morgan fingerprint density at radius 2 is 1.55 bits per heavy atom. The van der Waals surface area contributed by atoms with Gasteiger partial charge < -0.3 is 0 Å². The lowest BCUT2D eigenvalue weighted by molar-refractivity contribution is -0.123. The van der Waals surface area contributed by atoms with Gasteiger partial charge in [-0.25, -0.2) is 0 Å². The van der Waals surface area contributed by atoms with Gasteiger partial charge in [0.05, 0.1) is 12.1 Å². The van der Waals surface area contributed by atoms with E-state index in [4.69, 9.17) is 5.10 Å². The van der Waals surface area contributed by atoms with Crippen LogP contribution < -0.4 is 0 Å². The topological polar surface area (TPSA) is 32.7 Å². The molecule has 0 aromatic heterocycles. The molecule has 154 valence electrons. The highest BCUT2D eigenvalue weighted by Gasteiger charge is 2.35. The summed E-state index contributed by atoms with van der Waals surface area (Å²) in [5.41, 5.74) is 3.54. The smallest absolute Gasteiger partial charge is 0.137 e. The lowest BCUT2D eigenvalue weighted by Gasteiger charge is -2.33. The minimum absolute atomic E-state index is 0.00947. The molecule has 0 radical (unpaired) electrons. The molecule has 29 heavy (non-hydrogen) atoms. The maximum Gasteiger partial charge on any atom is 0.137 e. The fourth-order valence-corrected chi connectivity index (χ4v) is 4.15. The molecule has 2 aromatic carbocycles. The maximum atomic E-state index is 12.8. The van der Waals surface area contributed by atoms with Crippen molar-refractivity contribution in [2.45, 2.75) is 52.6 Å². The van der Waals surface area contributed by atoms with Gasteiger partial charge in [0.15, 0.2) is 0 Å². The van der Waals surface area contributed by atoms with Gasteiger partial charge in [0.2, 0.25) is 0 Å². The molecule has 0 spiro atoms. The monoisotopic (exact) mass is 518 g/mol. The van der Waals surface area contributed by atoms with Gasteiger partial charge in [-0.2, -0.15) is 5.10 Å². The molecule has 0 aliphatic carbocycles. The van der Waals surface area contributed by atoms with Crippen LogP contribution in [0.3, 0.4) is 0 Å². The molecule has 0 saturated carbocycles. The van der Waals surface area contributed by atoms with Crippen LogP contribution in [0.5, 0.6) is 0 Å². The molecule has 0 bridgehead atoms. The number of carbonyl (C=O) groups is 1. The van der Waals surface area contributed by atoms with Crippen molar-refractivity contribution in [2.24, 2.45) is 16.9 Å². The fraction of sp³-hybridized carbons (Fsp3) is 0.417. The number of hydrazone groups is 1. The summed E-state index contributed by atoms with van der Waals surface area (Å²) in [5, 5.41) is 7.24. The molecule has 0 unspecified atom stereocenters. The summed E-state index contributed by atoms with van der Waals surface area (Å²) in [5.74, 6) is 0.653. The van der Waals surface area contributed by atoms with E-state index in [0.717, 1.165) is 20.9 Å². The molecule has 5 heteroatoms. The molecule has 0 N–H and O–H groups in total. The number of benzene rings is 2. The first-order valence-corrected chi connectivity index (χ1v) is 11.7. The molecule has 2 atom stereocenters. The van der Waals surface area contributed by atoms with Crippen molar-refractivity contribution in [3.8, 4) is 0 Å². The molecule has 1 aliphatic rings. The zero-order valence-electron chi connectivity index (χ0n) is 17.4. The average Bonchev–Trinajstić information content (AvgIpc) is 3.12. The molecular weight excluding hydrogens is 492 g/mol. The van der Waals surface area contributed by atoms with E-state index in [2.05, 4.69) is 87.1 Å². The Morgan fingerprint density at radius 3 is 2.07 bits per heavy atom. The Morgan fingerprint density at radius 1 is 1.00 bits per heavy atom.